The maximum absolute atomic E-state index is 5.96. The Labute approximate surface area is 85.9 Å². The average molecular weight is 192 g/mol. The summed E-state index contributed by atoms with van der Waals surface area (Å²) < 4.78 is 0. The minimum atomic E-state index is 0.167. The van der Waals surface area contributed by atoms with Crippen LogP contribution < -0.4 is 5.73 Å². The molecular formula is C12H20N2. The fourth-order valence-electron chi connectivity index (χ4n) is 2.75. The summed E-state index contributed by atoms with van der Waals surface area (Å²) in [6.45, 7) is 3.05. The Morgan fingerprint density at radius 2 is 2.21 bits per heavy atom. The van der Waals surface area contributed by atoms with Crippen molar-refractivity contribution in [1.29, 1.82) is 0 Å². The van der Waals surface area contributed by atoms with Gasteiger partial charge in [0.25, 0.3) is 0 Å². The van der Waals surface area contributed by atoms with Crippen LogP contribution in [0.2, 0.25) is 0 Å². The zero-order valence-corrected chi connectivity index (χ0v) is 8.92. The van der Waals surface area contributed by atoms with Crippen LogP contribution in [0.25, 0.3) is 0 Å². The highest BCUT2D eigenvalue weighted by molar-refractivity contribution is 5.19. The first-order chi connectivity index (χ1) is 6.77. The predicted molar refractivity (Wildman–Crippen MR) is 59.2 cm³/mol. The highest BCUT2D eigenvalue weighted by Crippen LogP contribution is 2.40. The molecule has 1 unspecified atom stereocenters. The number of rotatable bonds is 3. The molecule has 2 nitrogen and oxygen atoms in total. The molecule has 78 valence electrons. The molecule has 1 heterocycles. The van der Waals surface area contributed by atoms with Gasteiger partial charge in [0, 0.05) is 23.9 Å². The fraction of sp³-hybridized carbons (Fsp3) is 0.667. The van der Waals surface area contributed by atoms with E-state index in [1.165, 1.54) is 31.4 Å². The van der Waals surface area contributed by atoms with Gasteiger partial charge in [-0.3, -0.25) is 0 Å². The average Bonchev–Trinajstić information content (AvgIpc) is 2.88. The number of nitrogens with one attached hydrogen (secondary N) is 1. The quantitative estimate of drug-likeness (QED) is 0.758. The number of nitrogens with two attached hydrogens (primary N) is 1. The van der Waals surface area contributed by atoms with Gasteiger partial charge in [0.05, 0.1) is 0 Å². The number of aromatic nitrogens is 1. The van der Waals surface area contributed by atoms with Crippen molar-refractivity contribution in [2.75, 3.05) is 6.54 Å². The molecule has 0 aromatic carbocycles. The Bertz CT molecular complexity index is 273. The van der Waals surface area contributed by atoms with Crippen LogP contribution in [-0.2, 0) is 5.41 Å². The third-order valence-electron chi connectivity index (χ3n) is 3.89. The maximum atomic E-state index is 5.96. The zero-order valence-electron chi connectivity index (χ0n) is 8.92. The van der Waals surface area contributed by atoms with Crippen molar-refractivity contribution in [1.82, 2.24) is 4.98 Å². The second-order valence-corrected chi connectivity index (χ2v) is 4.69. The smallest absolute Gasteiger partial charge is 0.0226 e. The van der Waals surface area contributed by atoms with Crippen molar-refractivity contribution in [3.8, 4) is 0 Å². The molecule has 1 aliphatic rings. The molecule has 0 bridgehead atoms. The van der Waals surface area contributed by atoms with Gasteiger partial charge < -0.3 is 10.7 Å². The number of hydrogen-bond acceptors (Lipinski definition) is 1. The van der Waals surface area contributed by atoms with Crippen LogP contribution in [0, 0.1) is 5.92 Å². The number of H-pyrrole nitrogens is 1. The summed E-state index contributed by atoms with van der Waals surface area (Å²) in [5, 5.41) is 0. The third kappa shape index (κ3) is 1.48. The SMILES string of the molecule is CC(CN)(c1ccc[nH]1)C1CCCC1. The van der Waals surface area contributed by atoms with E-state index in [1.54, 1.807) is 0 Å². The van der Waals surface area contributed by atoms with Gasteiger partial charge in [-0.05, 0) is 30.9 Å². The van der Waals surface area contributed by atoms with Crippen LogP contribution in [0.4, 0.5) is 0 Å². The highest BCUT2D eigenvalue weighted by Gasteiger charge is 2.36. The summed E-state index contributed by atoms with van der Waals surface area (Å²) >= 11 is 0. The second-order valence-electron chi connectivity index (χ2n) is 4.69. The molecule has 2 rings (SSSR count). The van der Waals surface area contributed by atoms with E-state index in [-0.39, 0.29) is 5.41 Å². The topological polar surface area (TPSA) is 41.8 Å². The van der Waals surface area contributed by atoms with Gasteiger partial charge >= 0.3 is 0 Å². The van der Waals surface area contributed by atoms with Crippen LogP contribution in [0.3, 0.4) is 0 Å². The summed E-state index contributed by atoms with van der Waals surface area (Å²) in [7, 11) is 0. The second kappa shape index (κ2) is 3.77. The Morgan fingerprint density at radius 1 is 1.50 bits per heavy atom. The van der Waals surface area contributed by atoms with Crippen molar-refractivity contribution in [2.45, 2.75) is 38.0 Å². The van der Waals surface area contributed by atoms with Crippen LogP contribution in [0.1, 0.15) is 38.3 Å². The predicted octanol–water partition coefficient (Wildman–Crippen LogP) is 2.42. The summed E-state index contributed by atoms with van der Waals surface area (Å²) in [6.07, 6.45) is 7.43. The highest BCUT2D eigenvalue weighted by atomic mass is 14.7. The first-order valence-electron chi connectivity index (χ1n) is 5.61. The molecule has 0 amide bonds. The zero-order chi connectivity index (χ0) is 10.0. The van der Waals surface area contributed by atoms with Crippen LogP contribution in [-0.4, -0.2) is 11.5 Å². The molecule has 1 fully saturated rings. The van der Waals surface area contributed by atoms with E-state index in [0.717, 1.165) is 12.5 Å². The minimum absolute atomic E-state index is 0.167. The molecule has 2 heteroatoms. The van der Waals surface area contributed by atoms with Crippen molar-refractivity contribution in [3.05, 3.63) is 24.0 Å². The van der Waals surface area contributed by atoms with E-state index < -0.39 is 0 Å². The molecule has 0 spiro atoms. The lowest BCUT2D eigenvalue weighted by Crippen LogP contribution is -2.38. The van der Waals surface area contributed by atoms with Gasteiger partial charge in [0.15, 0.2) is 0 Å². The first-order valence-corrected chi connectivity index (χ1v) is 5.61. The lowest BCUT2D eigenvalue weighted by atomic mass is 9.73. The molecule has 0 saturated heterocycles. The summed E-state index contributed by atoms with van der Waals surface area (Å²) in [4.78, 5) is 3.33. The van der Waals surface area contributed by atoms with Gasteiger partial charge in [-0.2, -0.15) is 0 Å². The molecule has 0 radical (unpaired) electrons. The van der Waals surface area contributed by atoms with E-state index >= 15 is 0 Å². The van der Waals surface area contributed by atoms with E-state index in [1.807, 2.05) is 6.20 Å². The molecule has 1 aromatic heterocycles. The Balaban J connectivity index is 2.24. The Kier molecular flexibility index (Phi) is 2.64. The van der Waals surface area contributed by atoms with Crippen molar-refractivity contribution in [2.24, 2.45) is 11.7 Å². The van der Waals surface area contributed by atoms with Gasteiger partial charge in [-0.15, -0.1) is 0 Å². The lowest BCUT2D eigenvalue weighted by molar-refractivity contribution is 0.299. The Morgan fingerprint density at radius 3 is 2.71 bits per heavy atom. The van der Waals surface area contributed by atoms with E-state index in [2.05, 4.69) is 24.0 Å². The lowest BCUT2D eigenvalue weighted by Gasteiger charge is -2.33. The molecular weight excluding hydrogens is 172 g/mol. The minimum Gasteiger partial charge on any atom is -0.364 e. The van der Waals surface area contributed by atoms with E-state index in [0.29, 0.717) is 0 Å². The van der Waals surface area contributed by atoms with Crippen molar-refractivity contribution >= 4 is 0 Å². The normalized spacial score (nSPS) is 22.4. The molecule has 1 atom stereocenters. The molecule has 0 aliphatic heterocycles. The van der Waals surface area contributed by atoms with Crippen molar-refractivity contribution in [3.63, 3.8) is 0 Å². The van der Waals surface area contributed by atoms with Gasteiger partial charge in [0.1, 0.15) is 0 Å². The van der Waals surface area contributed by atoms with E-state index in [4.69, 9.17) is 5.73 Å². The fourth-order valence-corrected chi connectivity index (χ4v) is 2.75. The largest absolute Gasteiger partial charge is 0.364 e. The summed E-state index contributed by atoms with van der Waals surface area (Å²) in [5.74, 6) is 0.770. The molecule has 1 saturated carbocycles. The van der Waals surface area contributed by atoms with Crippen molar-refractivity contribution < 1.29 is 0 Å². The van der Waals surface area contributed by atoms with Gasteiger partial charge in [-0.1, -0.05) is 19.8 Å². The van der Waals surface area contributed by atoms with Crippen LogP contribution in [0.5, 0.6) is 0 Å². The first kappa shape index (κ1) is 9.78. The van der Waals surface area contributed by atoms with Crippen LogP contribution >= 0.6 is 0 Å². The maximum Gasteiger partial charge on any atom is 0.0226 e. The molecule has 14 heavy (non-hydrogen) atoms. The molecule has 3 N–H and O–H groups in total. The Hall–Kier alpha value is -0.760. The molecule has 1 aliphatic carbocycles. The monoisotopic (exact) mass is 192 g/mol. The van der Waals surface area contributed by atoms with E-state index in [9.17, 15) is 0 Å². The van der Waals surface area contributed by atoms with Gasteiger partial charge in [0.2, 0.25) is 0 Å². The third-order valence-corrected chi connectivity index (χ3v) is 3.89. The van der Waals surface area contributed by atoms with Gasteiger partial charge in [-0.25, -0.2) is 0 Å². The summed E-state index contributed by atoms with van der Waals surface area (Å²) in [6, 6.07) is 4.24. The standard InChI is InChI=1S/C12H20N2/c1-12(9-13,10-5-2-3-6-10)11-7-4-8-14-11/h4,7-8,10,14H,2-3,5-6,9,13H2,1H3. The van der Waals surface area contributed by atoms with Crippen LogP contribution in [0.15, 0.2) is 18.3 Å². The summed E-state index contributed by atoms with van der Waals surface area (Å²) in [5.41, 5.74) is 7.44. The number of aromatic amines is 1. The number of hydrogen-bond donors (Lipinski definition) is 2. The molecule has 1 aromatic rings.